The van der Waals surface area contributed by atoms with E-state index in [0.29, 0.717) is 29.7 Å². The molecule has 0 amide bonds. The Kier molecular flexibility index (Phi) is 6.12. The Morgan fingerprint density at radius 3 is 2.69 bits per heavy atom. The lowest BCUT2D eigenvalue weighted by atomic mass is 9.43. The number of ether oxygens (including phenoxy) is 2. The quantitative estimate of drug-likeness (QED) is 0.227. The van der Waals surface area contributed by atoms with Gasteiger partial charge in [0.2, 0.25) is 0 Å². The van der Waals surface area contributed by atoms with Crippen LogP contribution in [0.5, 0.6) is 0 Å². The van der Waals surface area contributed by atoms with E-state index in [2.05, 4.69) is 33.4 Å². The summed E-state index contributed by atoms with van der Waals surface area (Å²) >= 11 is 0. The number of hydrogen-bond donors (Lipinski definition) is 0. The van der Waals surface area contributed by atoms with Crippen LogP contribution in [0.1, 0.15) is 91.9 Å². The normalized spacial score (nSPS) is 45.6. The van der Waals surface area contributed by atoms with Gasteiger partial charge in [-0.15, -0.1) is 0 Å². The highest BCUT2D eigenvalue weighted by Crippen LogP contribution is 2.88. The van der Waals surface area contributed by atoms with E-state index in [1.807, 2.05) is 6.92 Å². The van der Waals surface area contributed by atoms with Gasteiger partial charge in [0, 0.05) is 17.9 Å². The van der Waals surface area contributed by atoms with E-state index < -0.39 is 0 Å². The topological polar surface area (TPSA) is 69.7 Å². The number of rotatable bonds is 8. The van der Waals surface area contributed by atoms with Crippen LogP contribution in [0.15, 0.2) is 23.8 Å². The van der Waals surface area contributed by atoms with Crippen molar-refractivity contribution in [2.24, 2.45) is 45.3 Å². The molecule has 5 nitrogen and oxygen atoms in total. The molecule has 0 radical (unpaired) electrons. The fourth-order valence-corrected chi connectivity index (χ4v) is 10.4. The van der Waals surface area contributed by atoms with E-state index in [-0.39, 0.29) is 45.6 Å². The first-order chi connectivity index (χ1) is 17.0. The van der Waals surface area contributed by atoms with Gasteiger partial charge in [0.05, 0.1) is 7.11 Å². The Hall–Kier alpha value is -1.91. The minimum absolute atomic E-state index is 0.0443. The summed E-state index contributed by atoms with van der Waals surface area (Å²) < 4.78 is 11.0. The van der Waals surface area contributed by atoms with Gasteiger partial charge in [0.25, 0.3) is 0 Å². The average molecular weight is 497 g/mol. The van der Waals surface area contributed by atoms with Crippen molar-refractivity contribution in [2.45, 2.75) is 98.0 Å². The molecule has 5 fully saturated rings. The number of hydrogen-bond acceptors (Lipinski definition) is 5. The SMILES string of the molecule is C=C1C(=O)OC2C[C@@H]3[C@]4(CC[C@]5(C)[C@@H](C(C)CC/C=C(\C)C=O)CC[C@@]35C)C[C@]4(CCC(=O)OC)C12. The molecule has 0 N–H and O–H groups in total. The highest BCUT2D eigenvalue weighted by molar-refractivity contribution is 5.91. The molecule has 5 heteroatoms. The van der Waals surface area contributed by atoms with Gasteiger partial charge in [-0.2, -0.15) is 0 Å². The van der Waals surface area contributed by atoms with Crippen LogP contribution >= 0.6 is 0 Å². The number of aldehydes is 1. The molecule has 5 rings (SSSR count). The summed E-state index contributed by atoms with van der Waals surface area (Å²) in [6.45, 7) is 13.6. The molecule has 1 heterocycles. The van der Waals surface area contributed by atoms with Crippen molar-refractivity contribution in [1.82, 2.24) is 0 Å². The van der Waals surface area contributed by atoms with Gasteiger partial charge >= 0.3 is 11.9 Å². The smallest absolute Gasteiger partial charge is 0.334 e. The number of carbonyl (C=O) groups is 3. The van der Waals surface area contributed by atoms with Crippen LogP contribution in [0.25, 0.3) is 0 Å². The fourth-order valence-electron chi connectivity index (χ4n) is 10.4. The third-order valence-corrected chi connectivity index (χ3v) is 12.4. The maximum absolute atomic E-state index is 12.7. The highest BCUT2D eigenvalue weighted by atomic mass is 16.6. The lowest BCUT2D eigenvalue weighted by molar-refractivity contribution is -0.158. The number of esters is 2. The molecule has 198 valence electrons. The molecule has 0 aromatic heterocycles. The van der Waals surface area contributed by atoms with E-state index in [4.69, 9.17) is 9.47 Å². The number of carbonyl (C=O) groups excluding carboxylic acids is 3. The summed E-state index contributed by atoms with van der Waals surface area (Å²) in [6.07, 6.45) is 13.0. The number of allylic oxidation sites excluding steroid dienone is 2. The number of methoxy groups -OCH3 is 1. The van der Waals surface area contributed by atoms with Crippen LogP contribution in [-0.2, 0) is 23.9 Å². The van der Waals surface area contributed by atoms with Crippen LogP contribution in [0.4, 0.5) is 0 Å². The van der Waals surface area contributed by atoms with E-state index in [1.165, 1.54) is 32.8 Å². The van der Waals surface area contributed by atoms with Crippen molar-refractivity contribution >= 4 is 18.2 Å². The van der Waals surface area contributed by atoms with Crippen molar-refractivity contribution in [3.63, 3.8) is 0 Å². The first kappa shape index (κ1) is 25.7. The summed E-state index contributed by atoms with van der Waals surface area (Å²) in [6, 6.07) is 0. The van der Waals surface area contributed by atoms with E-state index in [0.717, 1.165) is 44.0 Å². The largest absolute Gasteiger partial charge is 0.469 e. The maximum Gasteiger partial charge on any atom is 0.334 e. The minimum atomic E-state index is -0.229. The van der Waals surface area contributed by atoms with Crippen molar-refractivity contribution < 1.29 is 23.9 Å². The molecule has 4 aliphatic carbocycles. The van der Waals surface area contributed by atoms with E-state index >= 15 is 0 Å². The third kappa shape index (κ3) is 3.29. The Morgan fingerprint density at radius 1 is 1.25 bits per heavy atom. The predicted octanol–water partition coefficient (Wildman–Crippen LogP) is 6.21. The summed E-state index contributed by atoms with van der Waals surface area (Å²) in [5.41, 5.74) is 2.00. The Morgan fingerprint density at radius 2 is 2.00 bits per heavy atom. The molecule has 1 saturated heterocycles. The van der Waals surface area contributed by atoms with Crippen LogP contribution in [0.3, 0.4) is 0 Å². The molecule has 1 spiro atoms. The molecule has 1 aliphatic heterocycles. The van der Waals surface area contributed by atoms with Crippen LogP contribution < -0.4 is 0 Å². The minimum Gasteiger partial charge on any atom is -0.469 e. The van der Waals surface area contributed by atoms with Gasteiger partial charge in [0.1, 0.15) is 12.4 Å². The standard InChI is InChI=1S/C31H44O5/c1-19(17-32)8-7-9-20(2)22-10-12-29(5)24-16-23-26(21(3)27(34)36-23)31(13-11-25(33)35-6)18-30(24,31)15-14-28(22,29)4/h8,17,20,22-24,26H,3,7,9-16,18H2,1-2,4-6H3/b19-8+/t20?,22-,23?,24+,26?,28-,29+,30+,31-/m1/s1. The summed E-state index contributed by atoms with van der Waals surface area (Å²) in [4.78, 5) is 35.9. The molecule has 0 bridgehead atoms. The lowest BCUT2D eigenvalue weighted by Crippen LogP contribution is -2.56. The second-order valence-corrected chi connectivity index (χ2v) is 13.4. The second kappa shape index (κ2) is 8.56. The highest BCUT2D eigenvalue weighted by Gasteiger charge is 2.83. The van der Waals surface area contributed by atoms with Gasteiger partial charge in [-0.25, -0.2) is 4.79 Å². The monoisotopic (exact) mass is 496 g/mol. The lowest BCUT2D eigenvalue weighted by Gasteiger charge is -2.61. The molecule has 4 saturated carbocycles. The van der Waals surface area contributed by atoms with Gasteiger partial charge in [0.15, 0.2) is 0 Å². The maximum atomic E-state index is 12.7. The van der Waals surface area contributed by atoms with Crippen LogP contribution in [0.2, 0.25) is 0 Å². The Bertz CT molecular complexity index is 1010. The van der Waals surface area contributed by atoms with Gasteiger partial charge < -0.3 is 9.47 Å². The van der Waals surface area contributed by atoms with E-state index in [9.17, 15) is 14.4 Å². The molecule has 9 atom stereocenters. The van der Waals surface area contributed by atoms with Crippen LogP contribution in [-0.4, -0.2) is 31.4 Å². The Labute approximate surface area is 216 Å². The summed E-state index contributed by atoms with van der Waals surface area (Å²) in [5.74, 6) is 1.41. The molecule has 5 aliphatic rings. The van der Waals surface area contributed by atoms with Crippen molar-refractivity contribution in [2.75, 3.05) is 7.11 Å². The molecular weight excluding hydrogens is 452 g/mol. The molecule has 3 unspecified atom stereocenters. The summed E-state index contributed by atoms with van der Waals surface area (Å²) in [7, 11) is 1.46. The van der Waals surface area contributed by atoms with Crippen molar-refractivity contribution in [3.05, 3.63) is 23.8 Å². The zero-order valence-corrected chi connectivity index (χ0v) is 22.9. The third-order valence-electron chi connectivity index (χ3n) is 12.4. The van der Waals surface area contributed by atoms with Gasteiger partial charge in [-0.05, 0) is 110 Å². The zero-order valence-electron chi connectivity index (χ0n) is 22.9. The average Bonchev–Trinajstić information content (AvgIpc) is 3.31. The fraction of sp³-hybridized carbons (Fsp3) is 0.774. The Balaban J connectivity index is 1.44. The molecule has 36 heavy (non-hydrogen) atoms. The van der Waals surface area contributed by atoms with Crippen molar-refractivity contribution in [3.8, 4) is 0 Å². The first-order valence-electron chi connectivity index (χ1n) is 14.1. The zero-order chi connectivity index (χ0) is 26.1. The molecule has 0 aromatic rings. The predicted molar refractivity (Wildman–Crippen MR) is 138 cm³/mol. The van der Waals surface area contributed by atoms with E-state index in [1.54, 1.807) is 0 Å². The van der Waals surface area contributed by atoms with Crippen molar-refractivity contribution in [1.29, 1.82) is 0 Å². The first-order valence-corrected chi connectivity index (χ1v) is 14.1. The molecular formula is C31H44O5. The summed E-state index contributed by atoms with van der Waals surface area (Å²) in [5, 5.41) is 0. The van der Waals surface area contributed by atoms with Crippen LogP contribution in [0, 0.1) is 45.3 Å². The van der Waals surface area contributed by atoms with Gasteiger partial charge in [-0.3, -0.25) is 9.59 Å². The molecule has 0 aromatic carbocycles. The second-order valence-electron chi connectivity index (χ2n) is 13.4. The number of fused-ring (bicyclic) bond motifs is 4. The van der Waals surface area contributed by atoms with Gasteiger partial charge in [-0.1, -0.05) is 33.4 Å².